The van der Waals surface area contributed by atoms with Gasteiger partial charge in [-0.1, -0.05) is 18.6 Å². The van der Waals surface area contributed by atoms with E-state index in [0.717, 1.165) is 102 Å². The molecule has 0 radical (unpaired) electrons. The van der Waals surface area contributed by atoms with Gasteiger partial charge in [0.15, 0.2) is 15.4 Å². The molecule has 3 saturated heterocycles. The Morgan fingerprint density at radius 1 is 0.962 bits per heavy atom. The second-order valence-electron chi connectivity index (χ2n) is 15.9. The zero-order chi connectivity index (χ0) is 36.9. The number of sulfone groups is 1. The highest BCUT2D eigenvalue weighted by atomic mass is 32.2. The molecule has 2 saturated carbocycles. The fourth-order valence-corrected chi connectivity index (χ4v) is 11.7. The molecule has 5 fully saturated rings. The number of anilines is 1. The molecule has 1 unspecified atom stereocenters. The van der Waals surface area contributed by atoms with Crippen LogP contribution >= 0.6 is 0 Å². The Bertz CT molecular complexity index is 1690. The van der Waals surface area contributed by atoms with E-state index in [0.29, 0.717) is 11.8 Å². The number of nitrogens with one attached hydrogen (secondary N) is 1. The number of methoxy groups -OCH3 is 1. The van der Waals surface area contributed by atoms with E-state index in [1.807, 2.05) is 6.07 Å². The van der Waals surface area contributed by atoms with Crippen LogP contribution in [-0.4, -0.2) is 112 Å². The molecule has 7 rings (SSSR count). The second-order valence-corrected chi connectivity index (χ2v) is 18.1. The van der Waals surface area contributed by atoms with Gasteiger partial charge in [-0.3, -0.25) is 0 Å². The highest BCUT2D eigenvalue weighted by Crippen LogP contribution is 2.52. The summed E-state index contributed by atoms with van der Waals surface area (Å²) in [6, 6.07) is 13.4. The lowest BCUT2D eigenvalue weighted by Crippen LogP contribution is -2.60. The van der Waals surface area contributed by atoms with Crippen LogP contribution in [0.4, 0.5) is 28.0 Å². The number of carbonyl (C=O) groups excluding carboxylic acids is 1. The van der Waals surface area contributed by atoms with Crippen molar-refractivity contribution in [1.29, 1.82) is 0 Å². The van der Waals surface area contributed by atoms with Crippen LogP contribution in [0.3, 0.4) is 0 Å². The van der Waals surface area contributed by atoms with Crippen molar-refractivity contribution in [2.24, 2.45) is 17.8 Å². The number of rotatable bonds is 11. The van der Waals surface area contributed by atoms with Gasteiger partial charge in [0.25, 0.3) is 0 Å². The number of likely N-dealkylation sites (tertiary alicyclic amines) is 2. The third kappa shape index (κ3) is 7.04. The Balaban J connectivity index is 0.980. The number of ether oxygens (including phenoxy) is 1. The number of nitrogens with zero attached hydrogens (tertiary/aromatic N) is 3. The molecule has 0 bridgehead atoms. The average molecular weight is 751 g/mol. The van der Waals surface area contributed by atoms with Crippen LogP contribution in [0, 0.1) is 23.6 Å². The third-order valence-electron chi connectivity index (χ3n) is 12.9. The molecule has 2 N–H and O–H groups in total. The van der Waals surface area contributed by atoms with E-state index in [9.17, 15) is 35.9 Å². The lowest BCUT2D eigenvalue weighted by atomic mass is 9.57. The van der Waals surface area contributed by atoms with Crippen LogP contribution < -0.4 is 10.2 Å². The molecule has 2 aromatic carbocycles. The van der Waals surface area contributed by atoms with E-state index in [-0.39, 0.29) is 28.1 Å². The molecule has 0 spiro atoms. The predicted molar refractivity (Wildman–Crippen MR) is 188 cm³/mol. The highest BCUT2D eigenvalue weighted by Gasteiger charge is 2.64. The van der Waals surface area contributed by atoms with Crippen LogP contribution in [0.25, 0.3) is 0 Å². The van der Waals surface area contributed by atoms with Crippen LogP contribution in [0.1, 0.15) is 56.9 Å². The molecule has 9 nitrogen and oxygen atoms in total. The Hall–Kier alpha value is -2.94. The minimum atomic E-state index is -4.85. The number of halogens is 4. The maximum Gasteiger partial charge on any atom is 0.417 e. The number of hydrogen-bond donors (Lipinski definition) is 2. The molecule has 14 heteroatoms. The molecule has 286 valence electrons. The van der Waals surface area contributed by atoms with Gasteiger partial charge in [-0.25, -0.2) is 17.6 Å². The molecule has 2 aliphatic carbocycles. The van der Waals surface area contributed by atoms with E-state index >= 15 is 0 Å². The molecule has 0 aromatic heterocycles. The number of alkyl carbamates (subject to hydrolysis) is 1. The monoisotopic (exact) mass is 750 g/mol. The molecule has 52 heavy (non-hydrogen) atoms. The van der Waals surface area contributed by atoms with Crippen molar-refractivity contribution in [3.05, 3.63) is 59.9 Å². The largest absolute Gasteiger partial charge is 0.453 e. The maximum atomic E-state index is 14.9. The fourth-order valence-electron chi connectivity index (χ4n) is 9.81. The minimum absolute atomic E-state index is 0.0288. The lowest BCUT2D eigenvalue weighted by Gasteiger charge is -2.54. The SMILES string of the molecule is COC(=O)N[C@H]1CCC[C@@H]1C(CN1CCC1)(c1cccc(F)c1)C1CCN(CC2CN(c3ccc(S(=O)(=O)C4CC(O)(C(F)(F)F)C4)cc3)C2)CC1. The van der Waals surface area contributed by atoms with Crippen molar-refractivity contribution in [2.75, 3.05) is 64.4 Å². The quantitative estimate of drug-likeness (QED) is 0.296. The molecule has 3 aliphatic heterocycles. The van der Waals surface area contributed by atoms with Crippen LogP contribution in [0.15, 0.2) is 53.4 Å². The molecular weight excluding hydrogens is 701 g/mol. The Morgan fingerprint density at radius 3 is 2.25 bits per heavy atom. The zero-order valence-electron chi connectivity index (χ0n) is 29.7. The smallest absolute Gasteiger partial charge is 0.417 e. The minimum Gasteiger partial charge on any atom is -0.453 e. The van der Waals surface area contributed by atoms with Crippen molar-refractivity contribution < 1.29 is 40.6 Å². The van der Waals surface area contributed by atoms with Gasteiger partial charge in [0.2, 0.25) is 0 Å². The van der Waals surface area contributed by atoms with E-state index in [2.05, 4.69) is 26.1 Å². The van der Waals surface area contributed by atoms with Crippen molar-refractivity contribution >= 4 is 21.6 Å². The number of aliphatic hydroxyl groups is 1. The Morgan fingerprint density at radius 2 is 1.65 bits per heavy atom. The number of carbonyl (C=O) groups is 1. The lowest BCUT2D eigenvalue weighted by molar-refractivity contribution is -0.284. The van der Waals surface area contributed by atoms with Crippen molar-refractivity contribution in [3.63, 3.8) is 0 Å². The summed E-state index contributed by atoms with van der Waals surface area (Å²) in [5.41, 5.74) is -1.35. The summed E-state index contributed by atoms with van der Waals surface area (Å²) in [5.74, 6) is 0.670. The number of hydrogen-bond acceptors (Lipinski definition) is 8. The average Bonchev–Trinajstić information content (AvgIpc) is 3.52. The normalized spacial score (nSPS) is 29.1. The van der Waals surface area contributed by atoms with Crippen molar-refractivity contribution in [2.45, 2.75) is 84.7 Å². The summed E-state index contributed by atoms with van der Waals surface area (Å²) in [5, 5.41) is 11.6. The Kier molecular flexibility index (Phi) is 10.3. The van der Waals surface area contributed by atoms with E-state index in [1.165, 1.54) is 25.3 Å². The first-order valence-electron chi connectivity index (χ1n) is 18.6. The van der Waals surface area contributed by atoms with Gasteiger partial charge < -0.3 is 29.9 Å². The molecule has 1 amide bonds. The zero-order valence-corrected chi connectivity index (χ0v) is 30.5. The predicted octanol–water partition coefficient (Wildman–Crippen LogP) is 5.37. The van der Waals surface area contributed by atoms with Crippen molar-refractivity contribution in [1.82, 2.24) is 15.1 Å². The van der Waals surface area contributed by atoms with Crippen LogP contribution in [0.2, 0.25) is 0 Å². The summed E-state index contributed by atoms with van der Waals surface area (Å²) in [7, 11) is -2.59. The topological polar surface area (TPSA) is 102 Å². The number of piperidine rings is 1. The van der Waals surface area contributed by atoms with E-state index < -0.39 is 45.8 Å². The first kappa shape index (κ1) is 37.4. The molecule has 3 atom stereocenters. The standard InChI is InChI=1S/C38H50F4N4O5S/c1-51-35(47)43-34-8-3-7-33(34)37(25-45-15-4-16-45,28-5-2-6-29(39)19-28)27-13-17-44(18-14-27)22-26-23-46(24-26)30-9-11-31(12-10-30)52(49,50)32-20-36(48,21-32)38(40,41)42/h2,5-6,9-12,19,26-27,32-34,48H,3-4,7-8,13-18,20-25H2,1H3,(H,43,47)/t32?,33-,34-,36?,37?/m0/s1. The third-order valence-corrected chi connectivity index (χ3v) is 15.0. The van der Waals surface area contributed by atoms with E-state index in [4.69, 9.17) is 4.74 Å². The second kappa shape index (κ2) is 14.4. The van der Waals surface area contributed by atoms with Gasteiger partial charge >= 0.3 is 12.3 Å². The Labute approximate surface area is 303 Å². The summed E-state index contributed by atoms with van der Waals surface area (Å²) in [6.07, 6.45) is -1.02. The summed E-state index contributed by atoms with van der Waals surface area (Å²) in [6.45, 7) is 7.33. The molecular formula is C38H50F4N4O5S. The maximum absolute atomic E-state index is 14.9. The summed E-state index contributed by atoms with van der Waals surface area (Å²) in [4.78, 5) is 19.6. The number of benzene rings is 2. The van der Waals surface area contributed by atoms with Gasteiger partial charge in [-0.05, 0) is 112 Å². The number of amides is 1. The van der Waals surface area contributed by atoms with Gasteiger partial charge in [0.1, 0.15) is 5.82 Å². The number of alkyl halides is 3. The van der Waals surface area contributed by atoms with Gasteiger partial charge in [0, 0.05) is 62.1 Å². The van der Waals surface area contributed by atoms with Crippen LogP contribution in [0.5, 0.6) is 0 Å². The summed E-state index contributed by atoms with van der Waals surface area (Å²) < 4.78 is 85.0. The van der Waals surface area contributed by atoms with Gasteiger partial charge in [-0.15, -0.1) is 0 Å². The molecule has 5 aliphatic rings. The molecule has 3 heterocycles. The first-order valence-corrected chi connectivity index (χ1v) is 20.2. The van der Waals surface area contributed by atoms with Gasteiger partial charge in [0.05, 0.1) is 17.3 Å². The van der Waals surface area contributed by atoms with Gasteiger partial charge in [-0.2, -0.15) is 13.2 Å². The van der Waals surface area contributed by atoms with Crippen molar-refractivity contribution in [3.8, 4) is 0 Å². The fraction of sp³-hybridized carbons (Fsp3) is 0.658. The summed E-state index contributed by atoms with van der Waals surface area (Å²) >= 11 is 0. The highest BCUT2D eigenvalue weighted by molar-refractivity contribution is 7.92. The molecule has 2 aromatic rings. The van der Waals surface area contributed by atoms with E-state index in [1.54, 1.807) is 18.2 Å². The van der Waals surface area contributed by atoms with Crippen LogP contribution in [-0.2, 0) is 20.0 Å². The first-order chi connectivity index (χ1) is 24.7.